The third-order valence-electron chi connectivity index (χ3n) is 6.06. The standard InChI is InChI=1S/C28H26Cl2N6O/c1-34(2)15-14-19-8-6-11-22(16-19)36-26-20(17-31-27(33-26)32-21-9-4-3-5-10-21)18-35(28(36)37)25-23(29)12-7-13-24(25)30/h3-13,16-17H,14-15,18H2,1-2H3,(H,31,32,33). The highest BCUT2D eigenvalue weighted by Crippen LogP contribution is 2.41. The predicted molar refractivity (Wildman–Crippen MR) is 151 cm³/mol. The Bertz CT molecular complexity index is 1410. The van der Waals surface area contributed by atoms with Gasteiger partial charge in [0.2, 0.25) is 5.95 Å². The SMILES string of the molecule is CN(C)CCc1cccc(N2C(=O)N(c3c(Cl)cccc3Cl)Cc3cnc(Nc4ccccc4)nc32)c1. The van der Waals surface area contributed by atoms with Crippen molar-refractivity contribution in [3.05, 3.63) is 100 Å². The summed E-state index contributed by atoms with van der Waals surface area (Å²) in [6, 6.07) is 22.5. The molecule has 0 atom stereocenters. The first kappa shape index (κ1) is 25.0. The molecule has 3 aromatic carbocycles. The van der Waals surface area contributed by atoms with Crippen molar-refractivity contribution < 1.29 is 4.79 Å². The highest BCUT2D eigenvalue weighted by molar-refractivity contribution is 6.40. The van der Waals surface area contributed by atoms with Gasteiger partial charge in [0, 0.05) is 24.0 Å². The quantitative estimate of drug-likeness (QED) is 0.280. The largest absolute Gasteiger partial charge is 0.335 e. The van der Waals surface area contributed by atoms with Crippen LogP contribution in [0, 0.1) is 0 Å². The first-order chi connectivity index (χ1) is 17.9. The van der Waals surface area contributed by atoms with E-state index >= 15 is 0 Å². The minimum atomic E-state index is -0.295. The fourth-order valence-corrected chi connectivity index (χ4v) is 4.82. The average molecular weight is 533 g/mol. The minimum absolute atomic E-state index is 0.236. The predicted octanol–water partition coefficient (Wildman–Crippen LogP) is 6.91. The van der Waals surface area contributed by atoms with E-state index in [0.717, 1.165) is 29.8 Å². The number of aromatic nitrogens is 2. The number of likely N-dealkylation sites (N-methyl/N-ethyl adjacent to an activating group) is 1. The summed E-state index contributed by atoms with van der Waals surface area (Å²) in [5.74, 6) is 0.915. The number of halogens is 2. The van der Waals surface area contributed by atoms with E-state index in [1.807, 2.05) is 62.6 Å². The number of anilines is 5. The zero-order valence-electron chi connectivity index (χ0n) is 20.5. The maximum Gasteiger partial charge on any atom is 0.335 e. The number of hydrogen-bond acceptors (Lipinski definition) is 5. The Balaban J connectivity index is 1.60. The lowest BCUT2D eigenvalue weighted by atomic mass is 10.1. The van der Waals surface area contributed by atoms with E-state index in [0.29, 0.717) is 33.2 Å². The van der Waals surface area contributed by atoms with Crippen LogP contribution < -0.4 is 15.1 Å². The summed E-state index contributed by atoms with van der Waals surface area (Å²) in [6.07, 6.45) is 2.58. The smallest absolute Gasteiger partial charge is 0.324 e. The van der Waals surface area contributed by atoms with Crippen LogP contribution in [-0.2, 0) is 13.0 Å². The minimum Gasteiger partial charge on any atom is -0.324 e. The first-order valence-corrected chi connectivity index (χ1v) is 12.6. The molecule has 2 amide bonds. The lowest BCUT2D eigenvalue weighted by molar-refractivity contribution is 0.252. The molecule has 7 nitrogen and oxygen atoms in total. The number of nitrogens with one attached hydrogen (secondary N) is 1. The van der Waals surface area contributed by atoms with Gasteiger partial charge >= 0.3 is 6.03 Å². The van der Waals surface area contributed by atoms with Crippen molar-refractivity contribution in [1.82, 2.24) is 14.9 Å². The van der Waals surface area contributed by atoms with Crippen LogP contribution in [-0.4, -0.2) is 41.5 Å². The molecule has 0 fully saturated rings. The maximum absolute atomic E-state index is 14.1. The summed E-state index contributed by atoms with van der Waals surface area (Å²) in [6.45, 7) is 1.13. The average Bonchev–Trinajstić information content (AvgIpc) is 2.88. The van der Waals surface area contributed by atoms with Gasteiger partial charge in [0.05, 0.1) is 28.0 Å². The van der Waals surface area contributed by atoms with E-state index in [-0.39, 0.29) is 12.6 Å². The Morgan fingerprint density at radius 1 is 0.973 bits per heavy atom. The summed E-state index contributed by atoms with van der Waals surface area (Å²) in [7, 11) is 4.08. The van der Waals surface area contributed by atoms with Gasteiger partial charge in [-0.25, -0.2) is 14.7 Å². The number of benzene rings is 3. The molecule has 1 aromatic heterocycles. The molecule has 2 heterocycles. The number of fused-ring (bicyclic) bond motifs is 1. The number of urea groups is 1. The highest BCUT2D eigenvalue weighted by Gasteiger charge is 2.36. The maximum atomic E-state index is 14.1. The first-order valence-electron chi connectivity index (χ1n) is 11.9. The molecule has 9 heteroatoms. The molecule has 1 aliphatic heterocycles. The molecule has 4 aromatic rings. The van der Waals surface area contributed by atoms with Crippen LogP contribution in [0.3, 0.4) is 0 Å². The van der Waals surface area contributed by atoms with Crippen LogP contribution in [0.4, 0.5) is 33.6 Å². The Morgan fingerprint density at radius 3 is 2.43 bits per heavy atom. The Hall–Kier alpha value is -3.65. The van der Waals surface area contributed by atoms with E-state index in [4.69, 9.17) is 28.2 Å². The molecule has 1 N–H and O–H groups in total. The van der Waals surface area contributed by atoms with Gasteiger partial charge in [-0.3, -0.25) is 4.90 Å². The van der Waals surface area contributed by atoms with Gasteiger partial charge in [-0.1, -0.05) is 59.6 Å². The third kappa shape index (κ3) is 5.39. The monoisotopic (exact) mass is 532 g/mol. The lowest BCUT2D eigenvalue weighted by Crippen LogP contribution is -2.45. The Labute approximate surface area is 226 Å². The van der Waals surface area contributed by atoms with E-state index in [2.05, 4.69) is 21.3 Å². The van der Waals surface area contributed by atoms with E-state index in [9.17, 15) is 4.79 Å². The molecule has 0 bridgehead atoms. The van der Waals surface area contributed by atoms with Gasteiger partial charge in [-0.15, -0.1) is 0 Å². The number of para-hydroxylation sites is 2. The van der Waals surface area contributed by atoms with Gasteiger partial charge < -0.3 is 10.2 Å². The fourth-order valence-electron chi connectivity index (χ4n) is 4.22. The molecule has 0 radical (unpaired) electrons. The fraction of sp³-hybridized carbons (Fsp3) is 0.179. The van der Waals surface area contributed by atoms with Crippen LogP contribution in [0.1, 0.15) is 11.1 Å². The normalized spacial score (nSPS) is 13.2. The van der Waals surface area contributed by atoms with Crippen molar-refractivity contribution in [3.8, 4) is 0 Å². The molecule has 1 aliphatic rings. The molecule has 0 saturated heterocycles. The van der Waals surface area contributed by atoms with Crippen molar-refractivity contribution in [2.45, 2.75) is 13.0 Å². The molecule has 0 spiro atoms. The van der Waals surface area contributed by atoms with Gasteiger partial charge in [-0.2, -0.15) is 4.98 Å². The molecule has 0 aliphatic carbocycles. The van der Waals surface area contributed by atoms with Crippen LogP contribution in [0.5, 0.6) is 0 Å². The molecule has 37 heavy (non-hydrogen) atoms. The van der Waals surface area contributed by atoms with E-state index < -0.39 is 0 Å². The van der Waals surface area contributed by atoms with Crippen LogP contribution in [0.15, 0.2) is 79.0 Å². The Kier molecular flexibility index (Phi) is 7.28. The number of amides is 2. The zero-order chi connectivity index (χ0) is 25.9. The second kappa shape index (κ2) is 10.8. The second-order valence-electron chi connectivity index (χ2n) is 9.03. The van der Waals surface area contributed by atoms with Gasteiger partial charge in [0.25, 0.3) is 0 Å². The summed E-state index contributed by atoms with van der Waals surface area (Å²) in [4.78, 5) is 28.7. The molecule has 0 unspecified atom stereocenters. The van der Waals surface area contributed by atoms with Crippen molar-refractivity contribution >= 4 is 58.1 Å². The van der Waals surface area contributed by atoms with Crippen LogP contribution in [0.25, 0.3) is 0 Å². The number of rotatable bonds is 7. The number of carbonyl (C=O) groups is 1. The van der Waals surface area contributed by atoms with Crippen LogP contribution >= 0.6 is 23.2 Å². The number of nitrogens with zero attached hydrogens (tertiary/aromatic N) is 5. The van der Waals surface area contributed by atoms with Gasteiger partial charge in [0.15, 0.2) is 5.82 Å². The van der Waals surface area contributed by atoms with Gasteiger partial charge in [-0.05, 0) is 62.5 Å². The summed E-state index contributed by atoms with van der Waals surface area (Å²) in [5.41, 5.74) is 3.91. The van der Waals surface area contributed by atoms with Crippen molar-refractivity contribution in [1.29, 1.82) is 0 Å². The van der Waals surface area contributed by atoms with E-state index in [1.165, 1.54) is 0 Å². The van der Waals surface area contributed by atoms with Crippen LogP contribution in [0.2, 0.25) is 10.0 Å². The molecule has 188 valence electrons. The zero-order valence-corrected chi connectivity index (χ0v) is 22.0. The van der Waals surface area contributed by atoms with Crippen molar-refractivity contribution in [2.75, 3.05) is 35.8 Å². The molecule has 0 saturated carbocycles. The third-order valence-corrected chi connectivity index (χ3v) is 6.67. The Morgan fingerprint density at radius 2 is 1.70 bits per heavy atom. The second-order valence-corrected chi connectivity index (χ2v) is 9.85. The van der Waals surface area contributed by atoms with Gasteiger partial charge in [0.1, 0.15) is 0 Å². The molecular weight excluding hydrogens is 507 g/mol. The number of carbonyl (C=O) groups excluding carboxylic acids is 1. The topological polar surface area (TPSA) is 64.6 Å². The summed E-state index contributed by atoms with van der Waals surface area (Å²) in [5, 5.41) is 4.02. The summed E-state index contributed by atoms with van der Waals surface area (Å²) >= 11 is 13.0. The van der Waals surface area contributed by atoms with E-state index in [1.54, 1.807) is 34.2 Å². The highest BCUT2D eigenvalue weighted by atomic mass is 35.5. The molecule has 5 rings (SSSR count). The number of hydrogen-bond donors (Lipinski definition) is 1. The lowest BCUT2D eigenvalue weighted by Gasteiger charge is -2.37. The van der Waals surface area contributed by atoms with Crippen molar-refractivity contribution in [2.24, 2.45) is 0 Å². The molecular formula is C28H26Cl2N6O. The summed E-state index contributed by atoms with van der Waals surface area (Å²) < 4.78 is 0. The van der Waals surface area contributed by atoms with Crippen molar-refractivity contribution in [3.63, 3.8) is 0 Å².